The van der Waals surface area contributed by atoms with Gasteiger partial charge >= 0.3 is 0 Å². The molecule has 0 aliphatic carbocycles. The van der Waals surface area contributed by atoms with E-state index in [1.54, 1.807) is 0 Å². The van der Waals surface area contributed by atoms with Crippen LogP contribution in [0.2, 0.25) is 0 Å². The fourth-order valence-corrected chi connectivity index (χ4v) is 2.17. The summed E-state index contributed by atoms with van der Waals surface area (Å²) in [5, 5.41) is 0. The number of guanidine groups is 1. The Labute approximate surface area is 130 Å². The number of hydrogen-bond donors (Lipinski definition) is 2. The third-order valence-corrected chi connectivity index (χ3v) is 3.52. The molecular weight excluding hydrogens is 266 g/mol. The molecule has 3 N–H and O–H groups in total. The number of aliphatic imine (C=N–C) groups is 1. The second kappa shape index (κ2) is 14.1. The standard InChI is InChI=1S/C15H35N5O/c1-5-19(6-2)12-10-13-20(7-3)15(18-16)17-11-9-14-21-8-4/h5-14,16H2,1-4H3,(H,17,18). The Morgan fingerprint density at radius 3 is 2.29 bits per heavy atom. The van der Waals surface area contributed by atoms with E-state index in [1.165, 1.54) is 0 Å². The lowest BCUT2D eigenvalue weighted by atomic mass is 10.3. The summed E-state index contributed by atoms with van der Waals surface area (Å²) >= 11 is 0. The molecule has 0 fully saturated rings. The first-order valence-corrected chi connectivity index (χ1v) is 8.29. The molecule has 0 saturated carbocycles. The fourth-order valence-electron chi connectivity index (χ4n) is 2.17. The molecule has 0 unspecified atom stereocenters. The highest BCUT2D eigenvalue weighted by atomic mass is 16.5. The summed E-state index contributed by atoms with van der Waals surface area (Å²) in [4.78, 5) is 9.17. The monoisotopic (exact) mass is 301 g/mol. The minimum absolute atomic E-state index is 0.742. The lowest BCUT2D eigenvalue weighted by molar-refractivity contribution is 0.146. The zero-order valence-corrected chi connectivity index (χ0v) is 14.4. The van der Waals surface area contributed by atoms with Crippen molar-refractivity contribution in [3.05, 3.63) is 0 Å². The van der Waals surface area contributed by atoms with Crippen molar-refractivity contribution in [2.75, 3.05) is 52.5 Å². The summed E-state index contributed by atoms with van der Waals surface area (Å²) in [5.41, 5.74) is 2.73. The number of nitrogens with one attached hydrogen (secondary N) is 1. The average molecular weight is 301 g/mol. The van der Waals surface area contributed by atoms with Crippen LogP contribution >= 0.6 is 0 Å². The molecule has 0 rings (SSSR count). The topological polar surface area (TPSA) is 66.1 Å². The number of hydrazine groups is 1. The van der Waals surface area contributed by atoms with E-state index in [2.05, 4.69) is 41.0 Å². The van der Waals surface area contributed by atoms with Gasteiger partial charge < -0.3 is 14.5 Å². The summed E-state index contributed by atoms with van der Waals surface area (Å²) in [7, 11) is 0. The predicted molar refractivity (Wildman–Crippen MR) is 90.4 cm³/mol. The number of hydrogen-bond acceptors (Lipinski definition) is 4. The van der Waals surface area contributed by atoms with Crippen molar-refractivity contribution in [1.82, 2.24) is 15.2 Å². The van der Waals surface area contributed by atoms with Crippen LogP contribution in [0, 0.1) is 0 Å². The maximum absolute atomic E-state index is 5.61. The van der Waals surface area contributed by atoms with Gasteiger partial charge in [-0.15, -0.1) is 0 Å². The van der Waals surface area contributed by atoms with Gasteiger partial charge in [-0.1, -0.05) is 13.8 Å². The van der Waals surface area contributed by atoms with Crippen LogP contribution in [0.4, 0.5) is 0 Å². The van der Waals surface area contributed by atoms with Gasteiger partial charge in [0.15, 0.2) is 0 Å². The van der Waals surface area contributed by atoms with Crippen molar-refractivity contribution in [3.8, 4) is 0 Å². The van der Waals surface area contributed by atoms with Gasteiger partial charge in [-0.05, 0) is 46.3 Å². The maximum atomic E-state index is 5.61. The third kappa shape index (κ3) is 9.66. The normalized spacial score (nSPS) is 12.0. The van der Waals surface area contributed by atoms with E-state index >= 15 is 0 Å². The molecule has 0 atom stereocenters. The first-order chi connectivity index (χ1) is 10.2. The second-order valence-corrected chi connectivity index (χ2v) is 4.86. The van der Waals surface area contributed by atoms with Gasteiger partial charge in [0.2, 0.25) is 5.96 Å². The first-order valence-electron chi connectivity index (χ1n) is 8.29. The minimum atomic E-state index is 0.742. The maximum Gasteiger partial charge on any atom is 0.208 e. The number of ether oxygens (including phenoxy) is 1. The van der Waals surface area contributed by atoms with E-state index in [0.717, 1.165) is 71.3 Å². The average Bonchev–Trinajstić information content (AvgIpc) is 2.52. The molecule has 6 heteroatoms. The Morgan fingerprint density at radius 1 is 1.05 bits per heavy atom. The molecule has 0 aliphatic rings. The smallest absolute Gasteiger partial charge is 0.208 e. The highest BCUT2D eigenvalue weighted by Crippen LogP contribution is 1.97. The summed E-state index contributed by atoms with van der Waals surface area (Å²) < 4.78 is 5.31. The zero-order chi connectivity index (χ0) is 15.9. The van der Waals surface area contributed by atoms with Crippen LogP contribution in [-0.2, 0) is 4.74 Å². The Kier molecular flexibility index (Phi) is 13.5. The first kappa shape index (κ1) is 20.1. The van der Waals surface area contributed by atoms with Crippen LogP contribution in [0.3, 0.4) is 0 Å². The van der Waals surface area contributed by atoms with Gasteiger partial charge in [0.1, 0.15) is 0 Å². The summed E-state index contributed by atoms with van der Waals surface area (Å²) in [5.74, 6) is 6.40. The molecule has 0 aromatic carbocycles. The van der Waals surface area contributed by atoms with Gasteiger partial charge in [0.25, 0.3) is 0 Å². The lowest BCUT2D eigenvalue weighted by Gasteiger charge is -2.26. The Balaban J connectivity index is 4.15. The molecule has 0 aromatic heterocycles. The largest absolute Gasteiger partial charge is 0.382 e. The lowest BCUT2D eigenvalue weighted by Crippen LogP contribution is -2.45. The van der Waals surface area contributed by atoms with Gasteiger partial charge in [0.05, 0.1) is 0 Å². The van der Waals surface area contributed by atoms with E-state index in [4.69, 9.17) is 10.6 Å². The summed E-state index contributed by atoms with van der Waals surface area (Å²) in [6.07, 6.45) is 2.05. The number of rotatable bonds is 12. The van der Waals surface area contributed by atoms with E-state index < -0.39 is 0 Å². The van der Waals surface area contributed by atoms with Crippen LogP contribution in [0.1, 0.15) is 40.5 Å². The van der Waals surface area contributed by atoms with Crippen LogP contribution < -0.4 is 11.3 Å². The van der Waals surface area contributed by atoms with E-state index in [1.807, 2.05) is 6.92 Å². The van der Waals surface area contributed by atoms with Gasteiger partial charge in [0, 0.05) is 32.8 Å². The van der Waals surface area contributed by atoms with Gasteiger partial charge in [-0.3, -0.25) is 10.4 Å². The fraction of sp³-hybridized carbons (Fsp3) is 0.933. The van der Waals surface area contributed by atoms with Gasteiger partial charge in [-0.2, -0.15) is 0 Å². The van der Waals surface area contributed by atoms with Crippen LogP contribution in [0.5, 0.6) is 0 Å². The highest BCUT2D eigenvalue weighted by molar-refractivity contribution is 5.79. The van der Waals surface area contributed by atoms with E-state index in [-0.39, 0.29) is 0 Å². The SMILES string of the molecule is CCOCCCN=C(NN)N(CC)CCCN(CC)CC. The molecule has 6 nitrogen and oxygen atoms in total. The minimum Gasteiger partial charge on any atom is -0.382 e. The molecule has 0 aliphatic heterocycles. The van der Waals surface area contributed by atoms with Crippen LogP contribution in [0.25, 0.3) is 0 Å². The van der Waals surface area contributed by atoms with Crippen molar-refractivity contribution in [2.24, 2.45) is 10.8 Å². The van der Waals surface area contributed by atoms with E-state index in [9.17, 15) is 0 Å². The predicted octanol–water partition coefficient (Wildman–Crippen LogP) is 1.29. The summed E-state index contributed by atoms with van der Waals surface area (Å²) in [6, 6.07) is 0. The zero-order valence-electron chi connectivity index (χ0n) is 14.4. The quantitative estimate of drug-likeness (QED) is 0.187. The van der Waals surface area contributed by atoms with Crippen molar-refractivity contribution >= 4 is 5.96 Å². The summed E-state index contributed by atoms with van der Waals surface area (Å²) in [6.45, 7) is 16.0. The Bertz CT molecular complexity index is 256. The van der Waals surface area contributed by atoms with Crippen LogP contribution in [-0.4, -0.2) is 68.2 Å². The Morgan fingerprint density at radius 2 is 1.76 bits per heavy atom. The Hall–Kier alpha value is -0.850. The number of nitrogens with zero attached hydrogens (tertiary/aromatic N) is 3. The molecule has 0 aromatic rings. The molecule has 0 amide bonds. The molecule has 126 valence electrons. The molecule has 0 saturated heterocycles. The van der Waals surface area contributed by atoms with Crippen molar-refractivity contribution in [1.29, 1.82) is 0 Å². The third-order valence-electron chi connectivity index (χ3n) is 3.52. The molecular formula is C15H35N5O. The molecule has 0 radical (unpaired) electrons. The highest BCUT2D eigenvalue weighted by Gasteiger charge is 2.08. The van der Waals surface area contributed by atoms with Crippen molar-refractivity contribution in [3.63, 3.8) is 0 Å². The van der Waals surface area contributed by atoms with Crippen molar-refractivity contribution < 1.29 is 4.74 Å². The van der Waals surface area contributed by atoms with Crippen molar-refractivity contribution in [2.45, 2.75) is 40.5 Å². The van der Waals surface area contributed by atoms with Crippen LogP contribution in [0.15, 0.2) is 4.99 Å². The number of nitrogens with two attached hydrogens (primary N) is 1. The molecule has 0 bridgehead atoms. The molecule has 0 spiro atoms. The van der Waals surface area contributed by atoms with E-state index in [0.29, 0.717) is 0 Å². The second-order valence-electron chi connectivity index (χ2n) is 4.86. The molecule has 0 heterocycles. The molecule has 21 heavy (non-hydrogen) atoms. The van der Waals surface area contributed by atoms with Gasteiger partial charge in [-0.25, -0.2) is 5.84 Å².